The first-order valence-corrected chi connectivity index (χ1v) is 8.63. The first-order chi connectivity index (χ1) is 10.4. The van der Waals surface area contributed by atoms with E-state index in [4.69, 9.17) is 4.74 Å². The fourth-order valence-corrected chi connectivity index (χ4v) is 4.05. The van der Waals surface area contributed by atoms with Gasteiger partial charge >= 0.3 is 12.0 Å². The average molecular weight is 324 g/mol. The molecule has 2 amide bonds. The van der Waals surface area contributed by atoms with E-state index in [1.165, 1.54) is 16.2 Å². The standard InChI is InChI=1S/C16H24N2O3S/c1-5-21-15(19)13-11-7-6-10(4)8-12(11)22-14(13)18-16(20)17-9(2)3/h9-10H,5-8H2,1-4H3,(H2,17,18,20)/t10-/m0/s1. The van der Waals surface area contributed by atoms with Crippen LogP contribution in [0.15, 0.2) is 0 Å². The Morgan fingerprint density at radius 1 is 1.41 bits per heavy atom. The smallest absolute Gasteiger partial charge is 0.341 e. The summed E-state index contributed by atoms with van der Waals surface area (Å²) in [5.41, 5.74) is 1.61. The van der Waals surface area contributed by atoms with Crippen molar-refractivity contribution in [3.63, 3.8) is 0 Å². The molecule has 2 rings (SSSR count). The monoisotopic (exact) mass is 324 g/mol. The van der Waals surface area contributed by atoms with E-state index in [9.17, 15) is 9.59 Å². The van der Waals surface area contributed by atoms with Crippen LogP contribution in [0.5, 0.6) is 0 Å². The minimum Gasteiger partial charge on any atom is -0.462 e. The number of nitrogens with one attached hydrogen (secondary N) is 2. The van der Waals surface area contributed by atoms with Gasteiger partial charge in [-0.05, 0) is 51.5 Å². The summed E-state index contributed by atoms with van der Waals surface area (Å²) >= 11 is 1.50. The first-order valence-electron chi connectivity index (χ1n) is 7.81. The fraction of sp³-hybridized carbons (Fsp3) is 0.625. The van der Waals surface area contributed by atoms with Crippen molar-refractivity contribution in [2.24, 2.45) is 5.92 Å². The summed E-state index contributed by atoms with van der Waals surface area (Å²) < 4.78 is 5.18. The van der Waals surface area contributed by atoms with Crippen LogP contribution in [0.4, 0.5) is 9.80 Å². The number of esters is 1. The molecule has 22 heavy (non-hydrogen) atoms. The Labute approximate surface area is 135 Å². The van der Waals surface area contributed by atoms with Crippen LogP contribution in [0.25, 0.3) is 0 Å². The summed E-state index contributed by atoms with van der Waals surface area (Å²) in [6.07, 6.45) is 2.89. The highest BCUT2D eigenvalue weighted by atomic mass is 32.1. The van der Waals surface area contributed by atoms with Crippen molar-refractivity contribution >= 4 is 28.3 Å². The van der Waals surface area contributed by atoms with Crippen LogP contribution in [-0.2, 0) is 17.6 Å². The van der Waals surface area contributed by atoms with Crippen molar-refractivity contribution in [2.75, 3.05) is 11.9 Å². The second kappa shape index (κ2) is 7.13. The molecule has 1 aromatic rings. The number of anilines is 1. The molecule has 122 valence electrons. The van der Waals surface area contributed by atoms with Crippen LogP contribution in [0.1, 0.15) is 54.9 Å². The Balaban J connectivity index is 2.31. The zero-order valence-electron chi connectivity index (χ0n) is 13.6. The minimum absolute atomic E-state index is 0.0423. The van der Waals surface area contributed by atoms with Gasteiger partial charge < -0.3 is 10.1 Å². The molecule has 0 aromatic carbocycles. The third-order valence-electron chi connectivity index (χ3n) is 3.64. The molecule has 0 radical (unpaired) electrons. The molecule has 0 unspecified atom stereocenters. The number of amides is 2. The maximum Gasteiger partial charge on any atom is 0.341 e. The number of urea groups is 1. The molecule has 2 N–H and O–H groups in total. The Hall–Kier alpha value is -1.56. The van der Waals surface area contributed by atoms with E-state index in [1.54, 1.807) is 6.92 Å². The van der Waals surface area contributed by atoms with Gasteiger partial charge in [0.15, 0.2) is 0 Å². The molecular weight excluding hydrogens is 300 g/mol. The number of hydrogen-bond donors (Lipinski definition) is 2. The molecule has 1 atom stereocenters. The van der Waals surface area contributed by atoms with E-state index in [1.807, 2.05) is 13.8 Å². The summed E-state index contributed by atoms with van der Waals surface area (Å²) in [5.74, 6) is 0.271. The van der Waals surface area contributed by atoms with Crippen molar-refractivity contribution in [3.05, 3.63) is 16.0 Å². The summed E-state index contributed by atoms with van der Waals surface area (Å²) in [6.45, 7) is 8.13. The molecule has 1 aromatic heterocycles. The van der Waals surface area contributed by atoms with Crippen LogP contribution in [0.2, 0.25) is 0 Å². The van der Waals surface area contributed by atoms with Gasteiger partial charge in [0.05, 0.1) is 12.2 Å². The van der Waals surface area contributed by atoms with Crippen LogP contribution in [0.3, 0.4) is 0 Å². The number of thiophene rings is 1. The molecule has 5 nitrogen and oxygen atoms in total. The van der Waals surface area contributed by atoms with Gasteiger partial charge in [-0.3, -0.25) is 5.32 Å². The Bertz CT molecular complexity index is 566. The Morgan fingerprint density at radius 3 is 2.77 bits per heavy atom. The quantitative estimate of drug-likeness (QED) is 0.832. The highest BCUT2D eigenvalue weighted by Gasteiger charge is 2.29. The third kappa shape index (κ3) is 3.80. The molecule has 0 saturated carbocycles. The molecule has 6 heteroatoms. The molecule has 1 heterocycles. The highest BCUT2D eigenvalue weighted by Crippen LogP contribution is 2.40. The summed E-state index contributed by atoms with van der Waals surface area (Å²) in [5, 5.41) is 6.21. The predicted molar refractivity (Wildman–Crippen MR) is 88.8 cm³/mol. The molecule has 0 aliphatic heterocycles. The number of ether oxygens (including phenoxy) is 1. The zero-order chi connectivity index (χ0) is 16.3. The van der Waals surface area contributed by atoms with Gasteiger partial charge in [0.2, 0.25) is 0 Å². The summed E-state index contributed by atoms with van der Waals surface area (Å²) in [4.78, 5) is 25.5. The Kier molecular flexibility index (Phi) is 5.45. The first kappa shape index (κ1) is 16.8. The van der Waals surface area contributed by atoms with E-state index in [0.717, 1.165) is 24.8 Å². The minimum atomic E-state index is -0.339. The van der Waals surface area contributed by atoms with E-state index < -0.39 is 0 Å². The van der Waals surface area contributed by atoms with Crippen LogP contribution in [-0.4, -0.2) is 24.6 Å². The van der Waals surface area contributed by atoms with Gasteiger partial charge in [-0.2, -0.15) is 0 Å². The third-order valence-corrected chi connectivity index (χ3v) is 4.81. The number of fused-ring (bicyclic) bond motifs is 1. The van der Waals surface area contributed by atoms with Crippen LogP contribution in [0, 0.1) is 5.92 Å². The van der Waals surface area contributed by atoms with Crippen LogP contribution >= 0.6 is 11.3 Å². The summed E-state index contributed by atoms with van der Waals surface area (Å²) in [7, 11) is 0. The molecule has 0 saturated heterocycles. The van der Waals surface area contributed by atoms with E-state index in [0.29, 0.717) is 23.1 Å². The van der Waals surface area contributed by atoms with Gasteiger partial charge in [0, 0.05) is 10.9 Å². The Morgan fingerprint density at radius 2 is 2.14 bits per heavy atom. The number of carbonyl (C=O) groups is 2. The van der Waals surface area contributed by atoms with E-state index in [2.05, 4.69) is 17.6 Å². The molecule has 1 aliphatic rings. The van der Waals surface area contributed by atoms with Crippen LogP contribution < -0.4 is 10.6 Å². The molecular formula is C16H24N2O3S. The van der Waals surface area contributed by atoms with Crippen molar-refractivity contribution in [1.29, 1.82) is 0 Å². The number of carbonyl (C=O) groups excluding carboxylic acids is 2. The highest BCUT2D eigenvalue weighted by molar-refractivity contribution is 7.17. The van der Waals surface area contributed by atoms with Gasteiger partial charge in [-0.25, -0.2) is 9.59 Å². The number of rotatable bonds is 4. The van der Waals surface area contributed by atoms with Crippen molar-refractivity contribution in [3.8, 4) is 0 Å². The van der Waals surface area contributed by atoms with Crippen molar-refractivity contribution in [2.45, 2.75) is 53.0 Å². The predicted octanol–water partition coefficient (Wildman–Crippen LogP) is 3.58. The maximum atomic E-state index is 12.3. The fourth-order valence-electron chi connectivity index (χ4n) is 2.66. The lowest BCUT2D eigenvalue weighted by Gasteiger charge is -2.18. The SMILES string of the molecule is CCOC(=O)c1c(NC(=O)NC(C)C)sc2c1CC[C@H](C)C2. The van der Waals surface area contributed by atoms with E-state index in [-0.39, 0.29) is 18.0 Å². The molecule has 0 fully saturated rings. The maximum absolute atomic E-state index is 12.3. The largest absolute Gasteiger partial charge is 0.462 e. The molecule has 0 spiro atoms. The van der Waals surface area contributed by atoms with Gasteiger partial charge in [0.1, 0.15) is 5.00 Å². The topological polar surface area (TPSA) is 67.4 Å². The second-order valence-corrected chi connectivity index (χ2v) is 7.13. The zero-order valence-corrected chi connectivity index (χ0v) is 14.4. The summed E-state index contributed by atoms with van der Waals surface area (Å²) in [6, 6.07) is -0.243. The van der Waals surface area contributed by atoms with Gasteiger partial charge in [-0.15, -0.1) is 11.3 Å². The average Bonchev–Trinajstić information content (AvgIpc) is 2.74. The normalized spacial score (nSPS) is 17.0. The van der Waals surface area contributed by atoms with Crippen molar-refractivity contribution in [1.82, 2.24) is 5.32 Å². The lowest BCUT2D eigenvalue weighted by Crippen LogP contribution is -2.34. The lowest BCUT2D eigenvalue weighted by atomic mass is 9.88. The molecule has 0 bridgehead atoms. The van der Waals surface area contributed by atoms with E-state index >= 15 is 0 Å². The lowest BCUT2D eigenvalue weighted by molar-refractivity contribution is 0.0526. The number of hydrogen-bond acceptors (Lipinski definition) is 4. The van der Waals surface area contributed by atoms with Gasteiger partial charge in [0.25, 0.3) is 0 Å². The second-order valence-electron chi connectivity index (χ2n) is 6.03. The molecule has 1 aliphatic carbocycles. The van der Waals surface area contributed by atoms with Gasteiger partial charge in [-0.1, -0.05) is 6.92 Å². The van der Waals surface area contributed by atoms with Crippen molar-refractivity contribution < 1.29 is 14.3 Å².